The summed E-state index contributed by atoms with van der Waals surface area (Å²) in [6.45, 7) is 3.48. The lowest BCUT2D eigenvalue weighted by Crippen LogP contribution is -2.51. The molecule has 0 radical (unpaired) electrons. The number of hydrogen-bond acceptors (Lipinski definition) is 19. The second-order valence-corrected chi connectivity index (χ2v) is 31.7. The number of benzene rings is 6. The van der Waals surface area contributed by atoms with Crippen molar-refractivity contribution in [1.82, 2.24) is 15.1 Å². The lowest BCUT2D eigenvalue weighted by molar-refractivity contribution is -0.132. The van der Waals surface area contributed by atoms with E-state index in [0.717, 1.165) is 217 Å². The number of halogens is 1. The first-order valence-corrected chi connectivity index (χ1v) is 41.8. The van der Waals surface area contributed by atoms with Crippen molar-refractivity contribution in [2.24, 2.45) is 5.73 Å². The van der Waals surface area contributed by atoms with Crippen molar-refractivity contribution in [3.8, 4) is 40.6 Å². The molecule has 6 aliphatic carbocycles. The third kappa shape index (κ3) is 24.1. The van der Waals surface area contributed by atoms with E-state index in [1.165, 1.54) is 45.4 Å². The monoisotopic (exact) mass is 1630 g/mol. The Hall–Kier alpha value is -9.89. The predicted molar refractivity (Wildman–Crippen MR) is 457 cm³/mol. The summed E-state index contributed by atoms with van der Waals surface area (Å²) in [4.78, 5) is 79.9. The average molecular weight is 1630 g/mol. The van der Waals surface area contributed by atoms with Crippen LogP contribution in [0, 0.1) is 11.3 Å². The van der Waals surface area contributed by atoms with Gasteiger partial charge in [-0.15, -0.1) is 0 Å². The van der Waals surface area contributed by atoms with Crippen LogP contribution in [0.4, 0.5) is 34.1 Å². The number of methoxy groups -OCH3 is 5. The molecular weight excluding hydrogens is 1510 g/mol. The Morgan fingerprint density at radius 2 is 0.781 bits per heavy atom. The molecule has 23 nitrogen and oxygen atoms in total. The number of carbonyl (C=O) groups is 6. The molecule has 15 rings (SSSR count). The van der Waals surface area contributed by atoms with Crippen molar-refractivity contribution in [1.29, 1.82) is 5.26 Å². The number of primary amides is 1. The summed E-state index contributed by atoms with van der Waals surface area (Å²) in [6, 6.07) is 48.3. The highest BCUT2D eigenvalue weighted by Gasteiger charge is 2.53. The number of phenolic OH excluding ortho intramolecular Hbond substituents is 1. The molecule has 9 aliphatic rings. The van der Waals surface area contributed by atoms with Gasteiger partial charge in [-0.05, 0) is 230 Å². The van der Waals surface area contributed by atoms with Gasteiger partial charge >= 0.3 is 0 Å². The zero-order valence-electron chi connectivity index (χ0n) is 68.6. The van der Waals surface area contributed by atoms with Crippen LogP contribution in [0.1, 0.15) is 200 Å². The van der Waals surface area contributed by atoms with Crippen LogP contribution in [0.3, 0.4) is 0 Å². The van der Waals surface area contributed by atoms with Crippen LogP contribution in [0.2, 0.25) is 0 Å². The van der Waals surface area contributed by atoms with E-state index in [0.29, 0.717) is 31.1 Å². The van der Waals surface area contributed by atoms with Gasteiger partial charge in [0.25, 0.3) is 0 Å². The maximum atomic E-state index is 12.6. The molecule has 3 spiro atoms. The van der Waals surface area contributed by atoms with Gasteiger partial charge in [-0.1, -0.05) is 119 Å². The summed E-state index contributed by atoms with van der Waals surface area (Å²) in [5.74, 6) is 5.56. The third-order valence-electron chi connectivity index (χ3n) is 23.3. The summed E-state index contributed by atoms with van der Waals surface area (Å²) in [6.07, 6.45) is 31.8. The van der Waals surface area contributed by atoms with Crippen LogP contribution < -0.4 is 65.8 Å². The van der Waals surface area contributed by atoms with Crippen LogP contribution in [0.5, 0.6) is 34.5 Å². The molecule has 0 unspecified atom stereocenters. The average Bonchev–Trinajstić information content (AvgIpc) is 1.59. The highest BCUT2D eigenvalue weighted by Crippen LogP contribution is 2.45. The number of phenols is 1. The Bertz CT molecular complexity index is 3990. The molecule has 6 saturated carbocycles. The summed E-state index contributed by atoms with van der Waals surface area (Å²) in [7, 11) is 12.0. The van der Waals surface area contributed by atoms with Crippen molar-refractivity contribution >= 4 is 85.2 Å². The van der Waals surface area contributed by atoms with Crippen molar-refractivity contribution in [3.63, 3.8) is 0 Å². The van der Waals surface area contributed by atoms with Crippen molar-refractivity contribution in [3.05, 3.63) is 146 Å². The first-order valence-electron chi connectivity index (χ1n) is 40.7. The van der Waals surface area contributed by atoms with E-state index in [9.17, 15) is 39.1 Å². The molecule has 0 bridgehead atoms. The van der Waals surface area contributed by atoms with Crippen LogP contribution in [0.25, 0.3) is 0 Å². The van der Waals surface area contributed by atoms with Gasteiger partial charge in [0.2, 0.25) is 23.6 Å². The number of hydrogen-bond donors (Lipinski definition) is 6. The van der Waals surface area contributed by atoms with E-state index in [4.69, 9.17) is 35.2 Å². The number of nitrogen functional groups attached to an aromatic ring is 1. The third-order valence-corrected chi connectivity index (χ3v) is 24.1. The quantitative estimate of drug-likeness (QED) is 0.0436. The Balaban J connectivity index is 0.000000168. The highest BCUT2D eigenvalue weighted by atomic mass is 79.9. The van der Waals surface area contributed by atoms with Crippen LogP contribution in [-0.2, 0) is 28.8 Å². The molecule has 9 fully saturated rings. The molecule has 6 aromatic carbocycles. The minimum atomic E-state index is -0.577. The number of amides is 4. The van der Waals surface area contributed by atoms with Gasteiger partial charge in [0, 0.05) is 61.1 Å². The topological polar surface area (TPSA) is 297 Å². The molecule has 3 saturated heterocycles. The number of ether oxygens (including phenoxy) is 5. The number of ketones is 2. The number of Topliss-reactive ketones (excluding diaryl/α,β-unsaturated/α-hetero) is 2. The Morgan fingerprint density at radius 3 is 1.12 bits per heavy atom. The summed E-state index contributed by atoms with van der Waals surface area (Å²) in [5, 5.41) is 29.0. The van der Waals surface area contributed by atoms with Gasteiger partial charge in [0.15, 0.2) is 0 Å². The lowest BCUT2D eigenvalue weighted by atomic mass is 9.80. The van der Waals surface area contributed by atoms with Gasteiger partial charge in [-0.25, -0.2) is 0 Å². The molecule has 4 amide bonds. The van der Waals surface area contributed by atoms with E-state index >= 15 is 0 Å². The summed E-state index contributed by atoms with van der Waals surface area (Å²) in [5.41, 5.74) is 15.0. The number of aromatic hydroxyl groups is 1. The normalized spacial score (nSPS) is 19.1. The van der Waals surface area contributed by atoms with E-state index in [1.807, 2.05) is 133 Å². The molecule has 24 heteroatoms. The number of alkyl halides is 1. The second kappa shape index (κ2) is 44.1. The number of carbonyl (C=O) groups excluding carboxylic acids is 6. The van der Waals surface area contributed by atoms with E-state index in [2.05, 4.69) is 64.8 Å². The van der Waals surface area contributed by atoms with Gasteiger partial charge in [0.05, 0.1) is 67.0 Å². The van der Waals surface area contributed by atoms with Crippen LogP contribution in [0.15, 0.2) is 146 Å². The first-order chi connectivity index (χ1) is 55.0. The molecule has 618 valence electrons. The second-order valence-electron chi connectivity index (χ2n) is 31.1. The van der Waals surface area contributed by atoms with Gasteiger partial charge in [-0.3, -0.25) is 28.8 Å². The molecule has 0 atom stereocenters. The molecule has 3 heterocycles. The summed E-state index contributed by atoms with van der Waals surface area (Å²) < 4.78 is 25.5. The van der Waals surface area contributed by atoms with Crippen molar-refractivity contribution < 1.29 is 57.6 Å². The number of nitrogens with one attached hydrogen (secondary N) is 3. The lowest BCUT2D eigenvalue weighted by Gasteiger charge is -2.39. The van der Waals surface area contributed by atoms with Gasteiger partial charge in [0.1, 0.15) is 73.8 Å². The predicted octanol–water partition coefficient (Wildman–Crippen LogP) is 16.7. The fraction of sp³-hybridized carbons (Fsp3) is 0.522. The maximum Gasteiger partial charge on any atom is 0.249 e. The fourth-order valence-electron chi connectivity index (χ4n) is 16.8. The molecular formula is C90H124BrN11O12. The van der Waals surface area contributed by atoms with Crippen molar-refractivity contribution in [2.75, 3.05) is 106 Å². The Morgan fingerprint density at radius 1 is 0.465 bits per heavy atom. The minimum Gasteiger partial charge on any atom is -0.508 e. The summed E-state index contributed by atoms with van der Waals surface area (Å²) >= 11 is 2.96. The molecule has 8 N–H and O–H groups in total. The van der Waals surface area contributed by atoms with Crippen LogP contribution >= 0.6 is 15.9 Å². The minimum absolute atomic E-state index is 0.171. The van der Waals surface area contributed by atoms with Crippen LogP contribution in [-0.4, -0.2) is 153 Å². The zero-order chi connectivity index (χ0) is 82.2. The maximum absolute atomic E-state index is 12.6. The largest absolute Gasteiger partial charge is 0.508 e. The van der Waals surface area contributed by atoms with E-state index in [1.54, 1.807) is 59.8 Å². The van der Waals surface area contributed by atoms with E-state index in [-0.39, 0.29) is 57.3 Å². The Kier molecular flexibility index (Phi) is 34.7. The SMILES string of the molecule is CC(=O)CBr.CN1CN(c2ccc(O)cc2)C2(CCCCC2)C1=O.COc1ccc(N)cc1.COc1ccc(N2CN(C)C(=O)C23CCCCC3)cc1.COc1ccc(N2CNC(=O)C23CCCCC3)cc1.COc1ccc(NC2(C#N)CCCCC2)cc1.COc1ccc(NC2(C(N)=O)CCCCC2)cc1.O=C1CCCCC1. The Labute approximate surface area is 684 Å². The first kappa shape index (κ1) is 89.7. The molecule has 0 aromatic heterocycles. The number of rotatable bonds is 14. The molecule has 114 heavy (non-hydrogen) atoms. The smallest absolute Gasteiger partial charge is 0.249 e. The zero-order valence-corrected chi connectivity index (χ0v) is 70.1. The number of nitrogens with two attached hydrogens (primary N) is 2. The molecule has 6 aromatic rings. The number of nitriles is 1. The van der Waals surface area contributed by atoms with Gasteiger partial charge in [-0.2, -0.15) is 5.26 Å². The number of nitrogens with zero attached hydrogens (tertiary/aromatic N) is 6. The van der Waals surface area contributed by atoms with E-state index < -0.39 is 5.54 Å². The standard InChI is InChI=1S/C16H22N2O2.2C15H20N2O2.C14H20N2O2.C14H18N2O.C7H9NO.C6H10O.C3H5BrO/c1-17-12-18(13-6-8-14(20-2)9-7-13)16(15(17)19)10-4-3-5-11-16;1-19-13-7-5-12(6-8-13)17-11-16-14(18)15(17)9-3-2-4-10-15;1-16-11-17(12-5-7-13(18)8-6-12)15(14(16)19)9-3-2-4-10-15;1-18-12-7-5-11(6-8-12)16-14(13(15)17)9-3-2-4-10-14;1-17-13-7-5-12(6-8-13)16-14(11-15)9-3-2-4-10-14;1-9-7-4-2-6(8)3-5-7;7-6-4-2-1-3-5-6;1-3(5)2-4/h6-9H,3-5,10-12H2,1-2H3;5-8H,2-4,9-11H2,1H3,(H,16,18);5-8,18H,2-4,9-11H2,1H3;5-8,16H,2-4,9-10H2,1H3,(H2,15,17);5-8,16H,2-4,9-10H2,1H3;2-5H,8H2,1H3;1-5H2;2H2,1H3. The van der Waals surface area contributed by atoms with Crippen molar-refractivity contribution in [2.45, 2.75) is 227 Å². The molecule has 3 aliphatic heterocycles. The number of likely N-dealkylation sites (N-methyl/N-ethyl adjacent to an activating group) is 2. The number of anilines is 6. The fourth-order valence-corrected chi connectivity index (χ4v) is 16.8. The van der Waals surface area contributed by atoms with Gasteiger partial charge < -0.3 is 80.7 Å². The highest BCUT2D eigenvalue weighted by molar-refractivity contribution is 9.09.